The molecular formula is C17H22F2N2O4. The van der Waals surface area contributed by atoms with E-state index < -0.39 is 23.8 Å². The number of nitrogens with zero attached hydrogens (tertiary/aromatic N) is 1. The van der Waals surface area contributed by atoms with Crippen LogP contribution in [0, 0.1) is 17.6 Å². The number of carboxylic acid groups (broad SMARTS) is 1. The normalized spacial score (nSPS) is 16.6. The lowest BCUT2D eigenvalue weighted by molar-refractivity contribution is -0.136. The summed E-state index contributed by atoms with van der Waals surface area (Å²) in [7, 11) is 0. The van der Waals surface area contributed by atoms with Gasteiger partial charge in [-0.3, -0.25) is 4.79 Å². The highest BCUT2D eigenvalue weighted by Gasteiger charge is 2.31. The second-order valence-corrected chi connectivity index (χ2v) is 6.39. The molecule has 0 spiro atoms. The van der Waals surface area contributed by atoms with E-state index in [1.54, 1.807) is 18.7 Å². The van der Waals surface area contributed by atoms with E-state index in [2.05, 4.69) is 5.32 Å². The molecule has 2 amide bonds. The predicted octanol–water partition coefficient (Wildman–Crippen LogP) is 2.63. The third-order valence-corrected chi connectivity index (χ3v) is 4.16. The summed E-state index contributed by atoms with van der Waals surface area (Å²) in [5.74, 6) is -2.08. The van der Waals surface area contributed by atoms with Crippen molar-refractivity contribution in [3.63, 3.8) is 0 Å². The molecule has 2 N–H and O–H groups in total. The topological polar surface area (TPSA) is 78.9 Å². The Morgan fingerprint density at radius 3 is 2.40 bits per heavy atom. The summed E-state index contributed by atoms with van der Waals surface area (Å²) in [6.07, 6.45) is -0.381. The number of halogens is 2. The fourth-order valence-electron chi connectivity index (χ4n) is 2.78. The van der Waals surface area contributed by atoms with Crippen LogP contribution in [-0.2, 0) is 4.79 Å². The molecule has 6 nitrogen and oxygen atoms in total. The molecule has 0 bridgehead atoms. The summed E-state index contributed by atoms with van der Waals surface area (Å²) in [5.41, 5.74) is 0. The van der Waals surface area contributed by atoms with Crippen LogP contribution in [0.25, 0.3) is 0 Å². The van der Waals surface area contributed by atoms with Crippen molar-refractivity contribution >= 4 is 12.0 Å². The van der Waals surface area contributed by atoms with Gasteiger partial charge in [0.2, 0.25) is 5.91 Å². The Labute approximate surface area is 144 Å². The number of likely N-dealkylation sites (tertiary alicyclic amines) is 1. The van der Waals surface area contributed by atoms with Crippen molar-refractivity contribution in [1.82, 2.24) is 10.2 Å². The van der Waals surface area contributed by atoms with Gasteiger partial charge in [0.25, 0.3) is 0 Å². The number of carbonyl (C=O) groups excluding carboxylic acids is 1. The SMILES string of the molecule is CC(C)[C@H](NC(=O)O)C(=O)N1CCC(Oc2ccc(F)c(F)c2)CC1. The van der Waals surface area contributed by atoms with Crippen molar-refractivity contribution in [3.8, 4) is 5.75 Å². The molecule has 1 aromatic carbocycles. The fourth-order valence-corrected chi connectivity index (χ4v) is 2.78. The lowest BCUT2D eigenvalue weighted by atomic mass is 10.0. The van der Waals surface area contributed by atoms with Crippen LogP contribution in [0.4, 0.5) is 13.6 Å². The summed E-state index contributed by atoms with van der Waals surface area (Å²) in [5, 5.41) is 11.1. The molecule has 0 aliphatic carbocycles. The van der Waals surface area contributed by atoms with Crippen molar-refractivity contribution < 1.29 is 28.2 Å². The Kier molecular flexibility index (Phi) is 6.17. The largest absolute Gasteiger partial charge is 0.490 e. The Hall–Kier alpha value is -2.38. The molecule has 0 saturated carbocycles. The third-order valence-electron chi connectivity index (χ3n) is 4.16. The van der Waals surface area contributed by atoms with Crippen molar-refractivity contribution in [1.29, 1.82) is 0 Å². The van der Waals surface area contributed by atoms with Crippen molar-refractivity contribution in [2.75, 3.05) is 13.1 Å². The number of ether oxygens (including phenoxy) is 1. The highest BCUT2D eigenvalue weighted by atomic mass is 19.2. The van der Waals surface area contributed by atoms with Gasteiger partial charge in [-0.25, -0.2) is 13.6 Å². The fraction of sp³-hybridized carbons (Fsp3) is 0.529. The molecule has 1 fully saturated rings. The zero-order valence-electron chi connectivity index (χ0n) is 14.2. The zero-order chi connectivity index (χ0) is 18.6. The smallest absolute Gasteiger partial charge is 0.405 e. The van der Waals surface area contributed by atoms with Gasteiger partial charge in [-0.15, -0.1) is 0 Å². The third kappa shape index (κ3) is 5.04. The lowest BCUT2D eigenvalue weighted by Crippen LogP contribution is -2.53. The Balaban J connectivity index is 1.90. The molecule has 0 aromatic heterocycles. The molecule has 138 valence electrons. The van der Waals surface area contributed by atoms with E-state index >= 15 is 0 Å². The first kappa shape index (κ1) is 19.0. The highest BCUT2D eigenvalue weighted by molar-refractivity contribution is 5.85. The maximum Gasteiger partial charge on any atom is 0.405 e. The maximum absolute atomic E-state index is 13.2. The monoisotopic (exact) mass is 356 g/mol. The molecule has 1 atom stereocenters. The Morgan fingerprint density at radius 2 is 1.88 bits per heavy atom. The van der Waals surface area contributed by atoms with E-state index in [4.69, 9.17) is 9.84 Å². The maximum atomic E-state index is 13.2. The summed E-state index contributed by atoms with van der Waals surface area (Å²) >= 11 is 0. The molecule has 1 saturated heterocycles. The van der Waals surface area contributed by atoms with Crippen molar-refractivity contribution in [2.45, 2.75) is 38.8 Å². The molecule has 1 heterocycles. The van der Waals surface area contributed by atoms with E-state index in [1.807, 2.05) is 0 Å². The van der Waals surface area contributed by atoms with Gasteiger partial charge in [0.05, 0.1) is 0 Å². The van der Waals surface area contributed by atoms with E-state index in [1.165, 1.54) is 6.07 Å². The van der Waals surface area contributed by atoms with Gasteiger partial charge in [-0.2, -0.15) is 0 Å². The molecule has 0 unspecified atom stereocenters. The van der Waals surface area contributed by atoms with Gasteiger partial charge in [0.1, 0.15) is 17.9 Å². The van der Waals surface area contributed by atoms with Gasteiger partial charge in [-0.05, 0) is 18.1 Å². The summed E-state index contributed by atoms with van der Waals surface area (Å²) in [4.78, 5) is 24.9. The number of carbonyl (C=O) groups is 2. The quantitative estimate of drug-likeness (QED) is 0.850. The first-order chi connectivity index (χ1) is 11.8. The van der Waals surface area contributed by atoms with E-state index in [9.17, 15) is 18.4 Å². The summed E-state index contributed by atoms with van der Waals surface area (Å²) < 4.78 is 31.8. The van der Waals surface area contributed by atoms with Crippen LogP contribution in [0.1, 0.15) is 26.7 Å². The van der Waals surface area contributed by atoms with Crippen LogP contribution in [0.3, 0.4) is 0 Å². The standard InChI is InChI=1S/C17H22F2N2O4/c1-10(2)15(20-17(23)24)16(22)21-7-5-11(6-8-21)25-12-3-4-13(18)14(19)9-12/h3-4,9-11,15,20H,5-8H2,1-2H3,(H,23,24)/t15-/m0/s1. The lowest BCUT2D eigenvalue weighted by Gasteiger charge is -2.35. The molecule has 1 aromatic rings. The minimum atomic E-state index is -1.23. The van der Waals surface area contributed by atoms with Crippen molar-refractivity contribution in [2.24, 2.45) is 5.92 Å². The summed E-state index contributed by atoms with van der Waals surface area (Å²) in [6.45, 7) is 4.38. The number of benzene rings is 1. The van der Waals surface area contributed by atoms with E-state index in [0.717, 1.165) is 12.1 Å². The van der Waals surface area contributed by atoms with Gasteiger partial charge in [0, 0.05) is 32.0 Å². The summed E-state index contributed by atoms with van der Waals surface area (Å²) in [6, 6.07) is 2.58. The van der Waals surface area contributed by atoms with Crippen LogP contribution in [0.2, 0.25) is 0 Å². The minimum Gasteiger partial charge on any atom is -0.490 e. The first-order valence-electron chi connectivity index (χ1n) is 8.18. The van der Waals surface area contributed by atoms with Gasteiger partial charge in [-0.1, -0.05) is 13.8 Å². The Morgan fingerprint density at radius 1 is 1.24 bits per heavy atom. The van der Waals surface area contributed by atoms with Crippen LogP contribution in [0.5, 0.6) is 5.75 Å². The average Bonchev–Trinajstić information content (AvgIpc) is 2.56. The molecule has 1 aliphatic rings. The van der Waals surface area contributed by atoms with Gasteiger partial charge < -0.3 is 20.1 Å². The van der Waals surface area contributed by atoms with Crippen molar-refractivity contribution in [3.05, 3.63) is 29.8 Å². The van der Waals surface area contributed by atoms with Crippen LogP contribution in [0.15, 0.2) is 18.2 Å². The van der Waals surface area contributed by atoms with Gasteiger partial charge in [0.15, 0.2) is 11.6 Å². The average molecular weight is 356 g/mol. The number of rotatable bonds is 5. The van der Waals surface area contributed by atoms with Crippen LogP contribution >= 0.6 is 0 Å². The molecule has 1 aliphatic heterocycles. The number of hydrogen-bond acceptors (Lipinski definition) is 3. The van der Waals surface area contributed by atoms with Gasteiger partial charge >= 0.3 is 6.09 Å². The second kappa shape index (κ2) is 8.13. The molecule has 25 heavy (non-hydrogen) atoms. The van der Waals surface area contributed by atoms with Crippen LogP contribution in [-0.4, -0.2) is 47.2 Å². The second-order valence-electron chi connectivity index (χ2n) is 6.39. The predicted molar refractivity (Wildman–Crippen MR) is 86.4 cm³/mol. The zero-order valence-corrected chi connectivity index (χ0v) is 14.2. The first-order valence-corrected chi connectivity index (χ1v) is 8.18. The number of piperidine rings is 1. The molecule has 8 heteroatoms. The minimum absolute atomic E-state index is 0.167. The highest BCUT2D eigenvalue weighted by Crippen LogP contribution is 2.22. The molecule has 0 radical (unpaired) electrons. The number of hydrogen-bond donors (Lipinski definition) is 2. The van der Waals surface area contributed by atoms with E-state index in [0.29, 0.717) is 25.9 Å². The molecular weight excluding hydrogens is 334 g/mol. The van der Waals surface area contributed by atoms with Crippen LogP contribution < -0.4 is 10.1 Å². The Bertz CT molecular complexity index is 631. The number of amides is 2. The van der Waals surface area contributed by atoms with E-state index in [-0.39, 0.29) is 23.7 Å². The number of nitrogens with one attached hydrogen (secondary N) is 1. The molecule has 2 rings (SSSR count).